The average Bonchev–Trinajstić information content (AvgIpc) is 2.38. The minimum absolute atomic E-state index is 0.00318. The molecule has 0 aliphatic rings. The predicted octanol–water partition coefficient (Wildman–Crippen LogP) is 3.46. The second-order valence-corrected chi connectivity index (χ2v) is 4.45. The Morgan fingerprint density at radius 1 is 1.39 bits per heavy atom. The summed E-state index contributed by atoms with van der Waals surface area (Å²) in [7, 11) is 0. The largest absolute Gasteiger partial charge is 0.395 e. The number of benzene rings is 1. The van der Waals surface area contributed by atoms with Crippen molar-refractivity contribution in [3.8, 4) is 0 Å². The molecule has 0 bridgehead atoms. The highest BCUT2D eigenvalue weighted by molar-refractivity contribution is 6.30. The van der Waals surface area contributed by atoms with Crippen LogP contribution in [-0.4, -0.2) is 17.8 Å². The minimum atomic E-state index is -0.350. The van der Waals surface area contributed by atoms with Crippen LogP contribution in [0.1, 0.15) is 37.8 Å². The van der Waals surface area contributed by atoms with Gasteiger partial charge in [0.25, 0.3) is 0 Å². The summed E-state index contributed by atoms with van der Waals surface area (Å²) in [5, 5.41) is 8.93. The van der Waals surface area contributed by atoms with Crippen LogP contribution in [0.5, 0.6) is 0 Å². The fraction of sp³-hybridized carbons (Fsp3) is 0.571. The number of hydrogen-bond donors (Lipinski definition) is 2. The summed E-state index contributed by atoms with van der Waals surface area (Å²) in [4.78, 5) is 0. The van der Waals surface area contributed by atoms with Crippen LogP contribution in [0.2, 0.25) is 5.02 Å². The number of aliphatic hydroxyl groups excluding tert-OH is 1. The van der Waals surface area contributed by atoms with Crippen molar-refractivity contribution in [3.63, 3.8) is 0 Å². The van der Waals surface area contributed by atoms with Crippen molar-refractivity contribution in [3.05, 3.63) is 34.1 Å². The van der Waals surface area contributed by atoms with Crippen LogP contribution >= 0.6 is 11.6 Å². The second-order valence-electron chi connectivity index (χ2n) is 4.04. The molecule has 0 fully saturated rings. The summed E-state index contributed by atoms with van der Waals surface area (Å²) < 4.78 is 13.2. The van der Waals surface area contributed by atoms with E-state index in [0.29, 0.717) is 5.56 Å². The average molecular weight is 276 g/mol. The third-order valence-corrected chi connectivity index (χ3v) is 2.82. The third-order valence-electron chi connectivity index (χ3n) is 2.54. The monoisotopic (exact) mass is 275 g/mol. The van der Waals surface area contributed by atoms with E-state index in [0.717, 1.165) is 24.8 Å². The normalized spacial score (nSPS) is 11.7. The van der Waals surface area contributed by atoms with Gasteiger partial charge >= 0.3 is 0 Å². The third kappa shape index (κ3) is 5.80. The summed E-state index contributed by atoms with van der Waals surface area (Å²) in [6.45, 7) is 5.70. The van der Waals surface area contributed by atoms with Crippen LogP contribution in [0, 0.1) is 12.7 Å². The lowest BCUT2D eigenvalue weighted by molar-refractivity contribution is 0.258. The van der Waals surface area contributed by atoms with Crippen molar-refractivity contribution < 1.29 is 9.50 Å². The molecule has 0 amide bonds. The van der Waals surface area contributed by atoms with Gasteiger partial charge in [-0.3, -0.25) is 0 Å². The maximum atomic E-state index is 13.2. The summed E-state index contributed by atoms with van der Waals surface area (Å²) in [6, 6.07) is 3.28. The van der Waals surface area contributed by atoms with Crippen LogP contribution in [0.25, 0.3) is 0 Å². The lowest BCUT2D eigenvalue weighted by atomic mass is 10.0. The number of nitrogens with two attached hydrogens (primary N) is 1. The van der Waals surface area contributed by atoms with Crippen LogP contribution < -0.4 is 5.73 Å². The van der Waals surface area contributed by atoms with Crippen molar-refractivity contribution in [2.24, 2.45) is 5.73 Å². The highest BCUT2D eigenvalue weighted by Gasteiger charge is 2.06. The molecule has 0 heterocycles. The Bertz CT molecular complexity index is 335. The molecular weight excluding hydrogens is 253 g/mol. The minimum Gasteiger partial charge on any atom is -0.395 e. The zero-order valence-electron chi connectivity index (χ0n) is 11.3. The SMILES string of the molecule is CC.Cc1cc(CCCC(N)CO)cc(Cl)c1F. The Balaban J connectivity index is 0.00000137. The van der Waals surface area contributed by atoms with Crippen molar-refractivity contribution in [1.29, 1.82) is 0 Å². The maximum Gasteiger partial charge on any atom is 0.144 e. The van der Waals surface area contributed by atoms with Gasteiger partial charge in [-0.2, -0.15) is 0 Å². The molecule has 1 rings (SSSR count). The summed E-state index contributed by atoms with van der Waals surface area (Å²) in [5.74, 6) is -0.350. The van der Waals surface area contributed by atoms with E-state index in [-0.39, 0.29) is 23.5 Å². The number of aliphatic hydroxyl groups is 1. The van der Waals surface area contributed by atoms with E-state index in [1.807, 2.05) is 13.8 Å². The fourth-order valence-electron chi connectivity index (χ4n) is 1.60. The Morgan fingerprint density at radius 2 is 2.00 bits per heavy atom. The van der Waals surface area contributed by atoms with Gasteiger partial charge in [0.1, 0.15) is 5.82 Å². The van der Waals surface area contributed by atoms with Crippen molar-refractivity contribution in [2.75, 3.05) is 6.61 Å². The number of halogens is 2. The highest BCUT2D eigenvalue weighted by Crippen LogP contribution is 2.21. The van der Waals surface area contributed by atoms with Gasteiger partial charge in [-0.15, -0.1) is 0 Å². The second kappa shape index (κ2) is 9.31. The molecule has 3 N–H and O–H groups in total. The Hall–Kier alpha value is -0.640. The highest BCUT2D eigenvalue weighted by atomic mass is 35.5. The Labute approximate surface area is 114 Å². The van der Waals surface area contributed by atoms with Gasteiger partial charge in [-0.1, -0.05) is 31.5 Å². The summed E-state index contributed by atoms with van der Waals surface area (Å²) in [6.07, 6.45) is 2.42. The van der Waals surface area contributed by atoms with Gasteiger partial charge in [0, 0.05) is 6.04 Å². The summed E-state index contributed by atoms with van der Waals surface area (Å²) >= 11 is 5.75. The van der Waals surface area contributed by atoms with Crippen molar-refractivity contribution >= 4 is 11.6 Å². The molecule has 1 atom stereocenters. The van der Waals surface area contributed by atoms with Gasteiger partial charge < -0.3 is 10.8 Å². The molecule has 4 heteroatoms. The molecule has 1 unspecified atom stereocenters. The molecule has 1 aromatic rings. The first-order chi connectivity index (χ1) is 8.54. The molecule has 104 valence electrons. The standard InChI is InChI=1S/C12H17ClFNO.C2H6/c1-8-5-9(6-11(13)12(8)14)3-2-4-10(15)7-16;1-2/h5-6,10,16H,2-4,7,15H2,1H3;1-2H3. The molecule has 0 saturated carbocycles. The smallest absolute Gasteiger partial charge is 0.144 e. The molecule has 0 aromatic heterocycles. The van der Waals surface area contributed by atoms with E-state index in [1.54, 1.807) is 19.1 Å². The summed E-state index contributed by atoms with van der Waals surface area (Å²) in [5.41, 5.74) is 7.16. The molecule has 0 radical (unpaired) electrons. The van der Waals surface area contributed by atoms with Crippen LogP contribution in [0.4, 0.5) is 4.39 Å². The van der Waals surface area contributed by atoms with Gasteiger partial charge in [-0.25, -0.2) is 4.39 Å². The molecule has 0 aliphatic heterocycles. The zero-order valence-corrected chi connectivity index (χ0v) is 12.1. The molecule has 2 nitrogen and oxygen atoms in total. The molecule has 18 heavy (non-hydrogen) atoms. The fourth-order valence-corrected chi connectivity index (χ4v) is 1.89. The van der Waals surface area contributed by atoms with Gasteiger partial charge in [0.05, 0.1) is 11.6 Å². The number of hydrogen-bond acceptors (Lipinski definition) is 2. The van der Waals surface area contributed by atoms with E-state index < -0.39 is 0 Å². The lowest BCUT2D eigenvalue weighted by Crippen LogP contribution is -2.24. The molecule has 0 spiro atoms. The zero-order chi connectivity index (χ0) is 14.1. The first kappa shape index (κ1) is 17.4. The molecule has 1 aromatic carbocycles. The molecule has 0 aliphatic carbocycles. The van der Waals surface area contributed by atoms with Crippen LogP contribution in [0.3, 0.4) is 0 Å². The number of rotatable bonds is 5. The first-order valence-electron chi connectivity index (χ1n) is 6.35. The number of aryl methyl sites for hydroxylation is 2. The Kier molecular flexibility index (Phi) is 8.98. The predicted molar refractivity (Wildman–Crippen MR) is 75.5 cm³/mol. The topological polar surface area (TPSA) is 46.2 Å². The van der Waals surface area contributed by atoms with E-state index in [2.05, 4.69) is 0 Å². The quantitative estimate of drug-likeness (QED) is 0.864. The van der Waals surface area contributed by atoms with E-state index >= 15 is 0 Å². The molecular formula is C14H23ClFNO. The van der Waals surface area contributed by atoms with E-state index in [9.17, 15) is 4.39 Å². The van der Waals surface area contributed by atoms with Gasteiger partial charge in [-0.05, 0) is 43.4 Å². The lowest BCUT2D eigenvalue weighted by Gasteiger charge is -2.08. The maximum absolute atomic E-state index is 13.2. The van der Waals surface area contributed by atoms with Gasteiger partial charge in [0.2, 0.25) is 0 Å². The van der Waals surface area contributed by atoms with Crippen LogP contribution in [0.15, 0.2) is 12.1 Å². The molecule has 0 saturated heterocycles. The van der Waals surface area contributed by atoms with Crippen molar-refractivity contribution in [1.82, 2.24) is 0 Å². The van der Waals surface area contributed by atoms with Gasteiger partial charge in [0.15, 0.2) is 0 Å². The van der Waals surface area contributed by atoms with Crippen molar-refractivity contribution in [2.45, 2.75) is 46.1 Å². The first-order valence-corrected chi connectivity index (χ1v) is 6.73. The Morgan fingerprint density at radius 3 is 2.50 bits per heavy atom. The van der Waals surface area contributed by atoms with E-state index in [4.69, 9.17) is 22.4 Å². The van der Waals surface area contributed by atoms with E-state index in [1.165, 1.54) is 0 Å². The van der Waals surface area contributed by atoms with Crippen LogP contribution in [-0.2, 0) is 6.42 Å².